The molecule has 0 aromatic heterocycles. The lowest BCUT2D eigenvalue weighted by Crippen LogP contribution is -2.20. The number of benzene rings is 1. The third kappa shape index (κ3) is 2.12. The Bertz CT molecular complexity index is 472. The second kappa shape index (κ2) is 3.81. The molecule has 1 aromatic rings. The van der Waals surface area contributed by atoms with E-state index < -0.39 is 9.84 Å². The lowest BCUT2D eigenvalue weighted by Gasteiger charge is -2.21. The summed E-state index contributed by atoms with van der Waals surface area (Å²) in [7, 11) is -2.99. The van der Waals surface area contributed by atoms with Gasteiger partial charge in [-0.3, -0.25) is 0 Å². The van der Waals surface area contributed by atoms with E-state index in [0.717, 1.165) is 5.56 Å². The van der Waals surface area contributed by atoms with Crippen molar-refractivity contribution in [1.82, 2.24) is 0 Å². The van der Waals surface area contributed by atoms with Crippen LogP contribution in [0.15, 0.2) is 42.0 Å². The summed E-state index contributed by atoms with van der Waals surface area (Å²) in [5.74, 6) is 0.179. The Morgan fingerprint density at radius 1 is 1.20 bits per heavy atom. The van der Waals surface area contributed by atoms with E-state index in [1.54, 1.807) is 0 Å². The topological polar surface area (TPSA) is 34.1 Å². The minimum absolute atomic E-state index is 0.179. The van der Waals surface area contributed by atoms with E-state index >= 15 is 0 Å². The van der Waals surface area contributed by atoms with Gasteiger partial charge in [-0.15, -0.1) is 0 Å². The molecule has 0 amide bonds. The van der Waals surface area contributed by atoms with E-state index in [0.29, 0.717) is 6.42 Å². The largest absolute Gasteiger partial charge is 0.228 e. The molecule has 0 fully saturated rings. The van der Waals surface area contributed by atoms with Gasteiger partial charge in [0.1, 0.15) is 0 Å². The van der Waals surface area contributed by atoms with Crippen LogP contribution in [-0.2, 0) is 9.84 Å². The molecule has 0 aliphatic carbocycles. The Morgan fingerprint density at radius 3 is 2.53 bits per heavy atom. The molecule has 1 unspecified atom stereocenters. The second-order valence-corrected chi connectivity index (χ2v) is 6.21. The van der Waals surface area contributed by atoms with Gasteiger partial charge in [0, 0.05) is 0 Å². The molecule has 0 spiro atoms. The predicted molar refractivity (Wildman–Crippen MR) is 61.3 cm³/mol. The van der Waals surface area contributed by atoms with Gasteiger partial charge in [0.2, 0.25) is 0 Å². The molecule has 0 bridgehead atoms. The van der Waals surface area contributed by atoms with Crippen LogP contribution in [0.4, 0.5) is 0 Å². The van der Waals surface area contributed by atoms with Crippen molar-refractivity contribution in [2.24, 2.45) is 0 Å². The van der Waals surface area contributed by atoms with Crippen molar-refractivity contribution in [1.29, 1.82) is 0 Å². The third-order valence-corrected chi connectivity index (χ3v) is 4.71. The SMILES string of the molecule is CC1=CCS(=O)(=O)C(c2ccccc2)C1. The summed E-state index contributed by atoms with van der Waals surface area (Å²) < 4.78 is 23.8. The van der Waals surface area contributed by atoms with Crippen LogP contribution in [0.5, 0.6) is 0 Å². The van der Waals surface area contributed by atoms with Crippen LogP contribution in [0.2, 0.25) is 0 Å². The van der Waals surface area contributed by atoms with Gasteiger partial charge in [-0.2, -0.15) is 0 Å². The Labute approximate surface area is 90.6 Å². The smallest absolute Gasteiger partial charge is 0.161 e. The molecule has 2 nitrogen and oxygen atoms in total. The molecule has 0 saturated heterocycles. The molecule has 2 rings (SSSR count). The zero-order chi connectivity index (χ0) is 10.9. The van der Waals surface area contributed by atoms with Crippen LogP contribution in [-0.4, -0.2) is 14.2 Å². The molecule has 0 N–H and O–H groups in total. The molecule has 1 atom stereocenters. The first-order valence-electron chi connectivity index (χ1n) is 5.02. The molecule has 1 aromatic carbocycles. The van der Waals surface area contributed by atoms with E-state index in [-0.39, 0.29) is 11.0 Å². The fourth-order valence-corrected chi connectivity index (χ4v) is 3.71. The fourth-order valence-electron chi connectivity index (χ4n) is 1.87. The van der Waals surface area contributed by atoms with Crippen molar-refractivity contribution >= 4 is 9.84 Å². The van der Waals surface area contributed by atoms with Gasteiger partial charge in [-0.1, -0.05) is 42.0 Å². The van der Waals surface area contributed by atoms with Crippen LogP contribution in [0.25, 0.3) is 0 Å². The van der Waals surface area contributed by atoms with Crippen LogP contribution in [0.1, 0.15) is 24.2 Å². The lowest BCUT2D eigenvalue weighted by molar-refractivity contribution is 0.580. The summed E-state index contributed by atoms with van der Waals surface area (Å²) in [5.41, 5.74) is 2.07. The van der Waals surface area contributed by atoms with Gasteiger partial charge in [0.25, 0.3) is 0 Å². The highest BCUT2D eigenvalue weighted by molar-refractivity contribution is 7.91. The number of hydrogen-bond acceptors (Lipinski definition) is 2. The number of rotatable bonds is 1. The molecule has 1 aliphatic rings. The maximum atomic E-state index is 11.9. The standard InChI is InChI=1S/C12H14O2S/c1-10-7-8-15(13,14)12(9-10)11-5-3-2-4-6-11/h2-7,12H,8-9H2,1H3. The summed E-state index contributed by atoms with van der Waals surface area (Å²) in [4.78, 5) is 0. The van der Waals surface area contributed by atoms with Crippen LogP contribution in [0, 0.1) is 0 Å². The van der Waals surface area contributed by atoms with E-state index in [2.05, 4.69) is 0 Å². The Hall–Kier alpha value is -1.09. The van der Waals surface area contributed by atoms with Crippen molar-refractivity contribution in [2.75, 3.05) is 5.75 Å². The molecule has 80 valence electrons. The first-order chi connectivity index (χ1) is 7.09. The molecule has 1 aliphatic heterocycles. The summed E-state index contributed by atoms with van der Waals surface area (Å²) in [6.45, 7) is 1.99. The zero-order valence-corrected chi connectivity index (χ0v) is 9.50. The zero-order valence-electron chi connectivity index (χ0n) is 8.68. The average Bonchev–Trinajstić information content (AvgIpc) is 2.23. The van der Waals surface area contributed by atoms with Gasteiger partial charge in [-0.05, 0) is 18.9 Å². The summed E-state index contributed by atoms with van der Waals surface area (Å²) in [6, 6.07) is 9.46. The van der Waals surface area contributed by atoms with Crippen molar-refractivity contribution in [3.63, 3.8) is 0 Å². The minimum atomic E-state index is -2.99. The van der Waals surface area contributed by atoms with Gasteiger partial charge in [0.15, 0.2) is 9.84 Å². The molecule has 15 heavy (non-hydrogen) atoms. The van der Waals surface area contributed by atoms with Gasteiger partial charge >= 0.3 is 0 Å². The number of hydrogen-bond donors (Lipinski definition) is 0. The number of allylic oxidation sites excluding steroid dienone is 1. The average molecular weight is 222 g/mol. The molecule has 3 heteroatoms. The summed E-state index contributed by atoms with van der Waals surface area (Å²) >= 11 is 0. The first kappa shape index (κ1) is 10.4. The summed E-state index contributed by atoms with van der Waals surface area (Å²) in [5, 5.41) is -0.344. The van der Waals surface area contributed by atoms with Crippen molar-refractivity contribution < 1.29 is 8.42 Å². The Kier molecular flexibility index (Phi) is 2.65. The highest BCUT2D eigenvalue weighted by Gasteiger charge is 2.29. The second-order valence-electron chi connectivity index (χ2n) is 3.98. The molecule has 0 saturated carbocycles. The third-order valence-electron chi connectivity index (χ3n) is 2.78. The van der Waals surface area contributed by atoms with Gasteiger partial charge in [0.05, 0.1) is 11.0 Å². The van der Waals surface area contributed by atoms with Crippen LogP contribution < -0.4 is 0 Å². The van der Waals surface area contributed by atoms with E-state index in [4.69, 9.17) is 0 Å². The molecule has 0 radical (unpaired) electrons. The maximum absolute atomic E-state index is 11.9. The molecular formula is C12H14O2S. The molecule has 1 heterocycles. The van der Waals surface area contributed by atoms with Crippen LogP contribution >= 0.6 is 0 Å². The summed E-state index contributed by atoms with van der Waals surface area (Å²) in [6.07, 6.45) is 2.45. The predicted octanol–water partition coefficient (Wildman–Crippen LogP) is 2.49. The first-order valence-corrected chi connectivity index (χ1v) is 6.73. The maximum Gasteiger partial charge on any atom is 0.161 e. The van der Waals surface area contributed by atoms with Gasteiger partial charge < -0.3 is 0 Å². The van der Waals surface area contributed by atoms with Crippen molar-refractivity contribution in [3.8, 4) is 0 Å². The van der Waals surface area contributed by atoms with E-state index in [9.17, 15) is 8.42 Å². The lowest BCUT2D eigenvalue weighted by atomic mass is 10.0. The Balaban J connectivity index is 2.41. The quantitative estimate of drug-likeness (QED) is 0.684. The van der Waals surface area contributed by atoms with Crippen LogP contribution in [0.3, 0.4) is 0 Å². The van der Waals surface area contributed by atoms with E-state index in [1.807, 2.05) is 43.3 Å². The normalized spacial score (nSPS) is 24.6. The monoisotopic (exact) mass is 222 g/mol. The van der Waals surface area contributed by atoms with E-state index in [1.165, 1.54) is 5.57 Å². The minimum Gasteiger partial charge on any atom is -0.228 e. The van der Waals surface area contributed by atoms with Crippen molar-refractivity contribution in [2.45, 2.75) is 18.6 Å². The highest BCUT2D eigenvalue weighted by Crippen LogP contribution is 2.33. The highest BCUT2D eigenvalue weighted by atomic mass is 32.2. The number of sulfone groups is 1. The Morgan fingerprint density at radius 2 is 1.87 bits per heavy atom. The van der Waals surface area contributed by atoms with Crippen molar-refractivity contribution in [3.05, 3.63) is 47.5 Å². The molecular weight excluding hydrogens is 208 g/mol. The fraction of sp³-hybridized carbons (Fsp3) is 0.333. The van der Waals surface area contributed by atoms with Gasteiger partial charge in [-0.25, -0.2) is 8.42 Å².